The van der Waals surface area contributed by atoms with Gasteiger partial charge in [0.25, 0.3) is 0 Å². The molecule has 3 aromatic rings. The zero-order chi connectivity index (χ0) is 15.2. The average molecular weight is 305 g/mol. The summed E-state index contributed by atoms with van der Waals surface area (Å²) in [4.78, 5) is 8.60. The van der Waals surface area contributed by atoms with E-state index in [1.807, 2.05) is 35.7 Å². The van der Waals surface area contributed by atoms with Crippen LogP contribution in [0.3, 0.4) is 0 Å². The number of aromatic nitrogens is 2. The first kappa shape index (κ1) is 13.9. The summed E-state index contributed by atoms with van der Waals surface area (Å²) in [5.74, 6) is 0. The van der Waals surface area contributed by atoms with Gasteiger partial charge in [-0.05, 0) is 24.3 Å². The Balaban J connectivity index is 1.68. The van der Waals surface area contributed by atoms with Crippen LogP contribution in [-0.4, -0.2) is 16.2 Å². The summed E-state index contributed by atoms with van der Waals surface area (Å²) >= 11 is 1.47. The lowest BCUT2D eigenvalue weighted by atomic mass is 10.1. The van der Waals surface area contributed by atoms with Crippen LogP contribution in [0.4, 0.5) is 5.13 Å². The third-order valence-electron chi connectivity index (χ3n) is 2.86. The second-order valence-corrected chi connectivity index (χ2v) is 5.21. The highest BCUT2D eigenvalue weighted by Crippen LogP contribution is 2.25. The second-order valence-electron chi connectivity index (χ2n) is 4.35. The topological polar surface area (TPSA) is 74.0 Å². The van der Waals surface area contributed by atoms with Gasteiger partial charge in [0, 0.05) is 17.1 Å². The first-order chi connectivity index (χ1) is 10.8. The summed E-state index contributed by atoms with van der Waals surface area (Å²) < 4.78 is 0. The highest BCUT2D eigenvalue weighted by Gasteiger charge is 2.03. The van der Waals surface area contributed by atoms with Crippen molar-refractivity contribution in [3.63, 3.8) is 0 Å². The minimum Gasteiger partial charge on any atom is -0.255 e. The summed E-state index contributed by atoms with van der Waals surface area (Å²) in [6, 6.07) is 15.1. The molecule has 0 aliphatic carbocycles. The van der Waals surface area contributed by atoms with Crippen molar-refractivity contribution in [2.45, 2.75) is 0 Å². The lowest BCUT2D eigenvalue weighted by Crippen LogP contribution is -1.91. The smallest absolute Gasteiger partial charge is 0.203 e. The Morgan fingerprint density at radius 1 is 1.18 bits per heavy atom. The molecule has 0 aliphatic heterocycles. The van der Waals surface area contributed by atoms with Crippen LogP contribution in [0.2, 0.25) is 0 Å². The molecule has 0 amide bonds. The van der Waals surface area contributed by atoms with Crippen molar-refractivity contribution in [1.82, 2.24) is 9.97 Å². The molecule has 2 aromatic heterocycles. The fourth-order valence-corrected chi connectivity index (χ4v) is 2.45. The maximum Gasteiger partial charge on any atom is 0.203 e. The molecule has 0 bridgehead atoms. The van der Waals surface area contributed by atoms with Gasteiger partial charge in [-0.2, -0.15) is 10.4 Å². The van der Waals surface area contributed by atoms with Gasteiger partial charge in [-0.3, -0.25) is 10.4 Å². The Bertz CT molecular complexity index is 816. The van der Waals surface area contributed by atoms with Gasteiger partial charge in [0.05, 0.1) is 29.2 Å². The summed E-state index contributed by atoms with van der Waals surface area (Å²) in [6.07, 6.45) is 3.36. The maximum atomic E-state index is 8.80. The predicted molar refractivity (Wildman–Crippen MR) is 87.7 cm³/mol. The van der Waals surface area contributed by atoms with Gasteiger partial charge in [0.1, 0.15) is 0 Å². The molecule has 0 fully saturated rings. The standard InChI is InChI=1S/C16H11N5S/c17-9-12-4-6-13(7-5-12)15-11-22-16(20-15)21-19-10-14-3-1-2-8-18-14/h1-8,10-11H,(H,20,21)/b19-10+. The van der Waals surface area contributed by atoms with Crippen LogP contribution in [-0.2, 0) is 0 Å². The quantitative estimate of drug-likeness (QED) is 0.591. The van der Waals surface area contributed by atoms with Crippen LogP contribution in [0.25, 0.3) is 11.3 Å². The van der Waals surface area contributed by atoms with Crippen molar-refractivity contribution in [3.05, 3.63) is 65.3 Å². The summed E-state index contributed by atoms with van der Waals surface area (Å²) in [6.45, 7) is 0. The van der Waals surface area contributed by atoms with E-state index in [2.05, 4.69) is 26.6 Å². The van der Waals surface area contributed by atoms with Gasteiger partial charge in [0.2, 0.25) is 5.13 Å². The van der Waals surface area contributed by atoms with Crippen LogP contribution in [0.1, 0.15) is 11.3 Å². The number of anilines is 1. The van der Waals surface area contributed by atoms with Crippen molar-refractivity contribution in [3.8, 4) is 17.3 Å². The minimum absolute atomic E-state index is 0.636. The normalized spacial score (nSPS) is 10.5. The Kier molecular flexibility index (Phi) is 4.18. The van der Waals surface area contributed by atoms with E-state index in [4.69, 9.17) is 5.26 Å². The Hall–Kier alpha value is -3.04. The first-order valence-electron chi connectivity index (χ1n) is 6.51. The number of hydrazone groups is 1. The number of nitriles is 1. The number of nitrogens with zero attached hydrogens (tertiary/aromatic N) is 4. The molecule has 106 valence electrons. The van der Waals surface area contributed by atoms with Crippen LogP contribution >= 0.6 is 11.3 Å². The fourth-order valence-electron chi connectivity index (χ4n) is 1.78. The number of benzene rings is 1. The van der Waals surface area contributed by atoms with Gasteiger partial charge in [-0.25, -0.2) is 4.98 Å². The molecule has 0 aliphatic rings. The Morgan fingerprint density at radius 3 is 2.77 bits per heavy atom. The molecule has 2 heterocycles. The van der Waals surface area contributed by atoms with Crippen LogP contribution < -0.4 is 5.43 Å². The number of thiazole rings is 1. The molecule has 6 heteroatoms. The van der Waals surface area contributed by atoms with E-state index >= 15 is 0 Å². The lowest BCUT2D eigenvalue weighted by Gasteiger charge is -1.96. The summed E-state index contributed by atoms with van der Waals surface area (Å²) in [5.41, 5.74) is 6.12. The predicted octanol–water partition coefficient (Wildman–Crippen LogP) is 3.52. The number of pyridine rings is 1. The Morgan fingerprint density at radius 2 is 2.05 bits per heavy atom. The number of rotatable bonds is 4. The van der Waals surface area contributed by atoms with Gasteiger partial charge in [-0.1, -0.05) is 18.2 Å². The molecule has 0 radical (unpaired) electrons. The Labute approximate surface area is 131 Å². The maximum absolute atomic E-state index is 8.80. The molecule has 3 rings (SSSR count). The van der Waals surface area contributed by atoms with Gasteiger partial charge >= 0.3 is 0 Å². The molecule has 1 aromatic carbocycles. The van der Waals surface area contributed by atoms with E-state index in [0.717, 1.165) is 17.0 Å². The lowest BCUT2D eigenvalue weighted by molar-refractivity contribution is 1.26. The van der Waals surface area contributed by atoms with Crippen molar-refractivity contribution in [2.24, 2.45) is 5.10 Å². The van der Waals surface area contributed by atoms with E-state index in [9.17, 15) is 0 Å². The molecule has 0 unspecified atom stereocenters. The number of nitrogens with one attached hydrogen (secondary N) is 1. The molecular weight excluding hydrogens is 294 g/mol. The largest absolute Gasteiger partial charge is 0.255 e. The van der Waals surface area contributed by atoms with Crippen molar-refractivity contribution in [2.75, 3.05) is 5.43 Å². The van der Waals surface area contributed by atoms with Crippen molar-refractivity contribution < 1.29 is 0 Å². The molecule has 0 spiro atoms. The average Bonchev–Trinajstić information content (AvgIpc) is 3.05. The molecule has 5 nitrogen and oxygen atoms in total. The minimum atomic E-state index is 0.636. The first-order valence-corrected chi connectivity index (χ1v) is 7.39. The van der Waals surface area contributed by atoms with Gasteiger partial charge in [0.15, 0.2) is 0 Å². The number of hydrogen-bond acceptors (Lipinski definition) is 6. The van der Waals surface area contributed by atoms with Crippen molar-refractivity contribution in [1.29, 1.82) is 5.26 Å². The third kappa shape index (κ3) is 3.34. The monoisotopic (exact) mass is 305 g/mol. The molecular formula is C16H11N5S. The van der Waals surface area contributed by atoms with Crippen LogP contribution in [0.5, 0.6) is 0 Å². The fraction of sp³-hybridized carbons (Fsp3) is 0. The molecule has 0 saturated carbocycles. The second kappa shape index (κ2) is 6.61. The van der Waals surface area contributed by atoms with E-state index in [1.54, 1.807) is 24.5 Å². The SMILES string of the molecule is N#Cc1ccc(-c2csc(N/N=C/c3ccccn3)n2)cc1. The molecule has 22 heavy (non-hydrogen) atoms. The van der Waals surface area contributed by atoms with E-state index in [0.29, 0.717) is 10.7 Å². The highest BCUT2D eigenvalue weighted by atomic mass is 32.1. The van der Waals surface area contributed by atoms with E-state index in [1.165, 1.54) is 11.3 Å². The highest BCUT2D eigenvalue weighted by molar-refractivity contribution is 7.14. The zero-order valence-corrected chi connectivity index (χ0v) is 12.3. The number of hydrogen-bond donors (Lipinski definition) is 1. The van der Waals surface area contributed by atoms with Gasteiger partial charge in [-0.15, -0.1) is 11.3 Å². The molecule has 1 N–H and O–H groups in total. The van der Waals surface area contributed by atoms with Gasteiger partial charge < -0.3 is 0 Å². The van der Waals surface area contributed by atoms with E-state index < -0.39 is 0 Å². The third-order valence-corrected chi connectivity index (χ3v) is 3.61. The van der Waals surface area contributed by atoms with Crippen LogP contribution in [0.15, 0.2) is 59.1 Å². The van der Waals surface area contributed by atoms with E-state index in [-0.39, 0.29) is 0 Å². The summed E-state index contributed by atoms with van der Waals surface area (Å²) in [5, 5.41) is 15.6. The molecule has 0 atom stereocenters. The van der Waals surface area contributed by atoms with Crippen molar-refractivity contribution >= 4 is 22.7 Å². The van der Waals surface area contributed by atoms with Crippen LogP contribution in [0, 0.1) is 11.3 Å². The zero-order valence-electron chi connectivity index (χ0n) is 11.5. The summed E-state index contributed by atoms with van der Waals surface area (Å²) in [7, 11) is 0. The molecule has 0 saturated heterocycles.